The minimum Gasteiger partial charge on any atom is -0.493 e. The second-order valence-corrected chi connectivity index (χ2v) is 6.64. The molecule has 31 heavy (non-hydrogen) atoms. The molecule has 2 aromatic heterocycles. The SMILES string of the molecule is CCOc1cccc(F)c1-c1ccnc2cc(-c3cc(OC)c(OC)c(OC)c3)oc12. The molecule has 160 valence electrons. The largest absolute Gasteiger partial charge is 0.493 e. The van der Waals surface area contributed by atoms with Crippen LogP contribution in [0.15, 0.2) is 53.1 Å². The normalized spacial score (nSPS) is 10.9. The Morgan fingerprint density at radius 2 is 1.68 bits per heavy atom. The number of halogens is 1. The molecule has 0 unspecified atom stereocenters. The van der Waals surface area contributed by atoms with Crippen LogP contribution in [0.5, 0.6) is 23.0 Å². The van der Waals surface area contributed by atoms with Gasteiger partial charge in [0.1, 0.15) is 22.8 Å². The number of ether oxygens (including phenoxy) is 4. The van der Waals surface area contributed by atoms with E-state index in [1.54, 1.807) is 63.9 Å². The molecule has 0 bridgehead atoms. The van der Waals surface area contributed by atoms with Crippen LogP contribution in [-0.2, 0) is 0 Å². The number of hydrogen-bond donors (Lipinski definition) is 0. The summed E-state index contributed by atoms with van der Waals surface area (Å²) >= 11 is 0. The van der Waals surface area contributed by atoms with Gasteiger partial charge in [-0.05, 0) is 37.3 Å². The van der Waals surface area contributed by atoms with Gasteiger partial charge in [-0.25, -0.2) is 4.39 Å². The first-order valence-corrected chi connectivity index (χ1v) is 9.71. The molecule has 0 N–H and O–H groups in total. The molecule has 0 spiro atoms. The first-order valence-electron chi connectivity index (χ1n) is 9.71. The van der Waals surface area contributed by atoms with E-state index in [-0.39, 0.29) is 0 Å². The van der Waals surface area contributed by atoms with Crippen molar-refractivity contribution in [2.45, 2.75) is 6.92 Å². The van der Waals surface area contributed by atoms with Gasteiger partial charge in [0.25, 0.3) is 0 Å². The van der Waals surface area contributed by atoms with Crippen molar-refractivity contribution in [3.63, 3.8) is 0 Å². The molecule has 6 nitrogen and oxygen atoms in total. The van der Waals surface area contributed by atoms with Gasteiger partial charge in [0.05, 0.1) is 33.5 Å². The van der Waals surface area contributed by atoms with Crippen LogP contribution in [-0.4, -0.2) is 32.9 Å². The van der Waals surface area contributed by atoms with Crippen LogP contribution in [0.3, 0.4) is 0 Å². The summed E-state index contributed by atoms with van der Waals surface area (Å²) in [6.45, 7) is 2.27. The second kappa shape index (κ2) is 8.55. The Morgan fingerprint density at radius 1 is 0.935 bits per heavy atom. The Balaban J connectivity index is 1.91. The summed E-state index contributed by atoms with van der Waals surface area (Å²) < 4.78 is 42.9. The second-order valence-electron chi connectivity index (χ2n) is 6.64. The third kappa shape index (κ3) is 3.63. The summed E-state index contributed by atoms with van der Waals surface area (Å²) in [5.41, 5.74) is 2.65. The average molecular weight is 423 g/mol. The van der Waals surface area contributed by atoms with Crippen LogP contribution in [0.2, 0.25) is 0 Å². The van der Waals surface area contributed by atoms with Crippen molar-refractivity contribution in [1.29, 1.82) is 0 Å². The first kappa shape index (κ1) is 20.5. The molecule has 0 fully saturated rings. The quantitative estimate of drug-likeness (QED) is 0.379. The maximum atomic E-state index is 14.8. The van der Waals surface area contributed by atoms with E-state index in [1.165, 1.54) is 6.07 Å². The molecular weight excluding hydrogens is 401 g/mol. The fourth-order valence-electron chi connectivity index (χ4n) is 3.54. The number of fused-ring (bicyclic) bond motifs is 1. The lowest BCUT2D eigenvalue weighted by Gasteiger charge is -2.13. The van der Waals surface area contributed by atoms with Crippen molar-refractivity contribution < 1.29 is 27.8 Å². The van der Waals surface area contributed by atoms with Gasteiger partial charge in [-0.3, -0.25) is 4.98 Å². The van der Waals surface area contributed by atoms with Crippen LogP contribution < -0.4 is 18.9 Å². The van der Waals surface area contributed by atoms with Gasteiger partial charge < -0.3 is 23.4 Å². The van der Waals surface area contributed by atoms with Crippen LogP contribution in [0.4, 0.5) is 4.39 Å². The predicted octanol–water partition coefficient (Wildman–Crippen LogP) is 5.73. The zero-order chi connectivity index (χ0) is 22.0. The van der Waals surface area contributed by atoms with Gasteiger partial charge in [-0.1, -0.05) is 6.07 Å². The highest BCUT2D eigenvalue weighted by atomic mass is 19.1. The van der Waals surface area contributed by atoms with Gasteiger partial charge in [-0.2, -0.15) is 0 Å². The van der Waals surface area contributed by atoms with Gasteiger partial charge in [0.15, 0.2) is 17.1 Å². The number of aromatic nitrogens is 1. The lowest BCUT2D eigenvalue weighted by molar-refractivity contribution is 0.324. The van der Waals surface area contributed by atoms with Crippen LogP contribution in [0.1, 0.15) is 6.92 Å². The van der Waals surface area contributed by atoms with Gasteiger partial charge in [-0.15, -0.1) is 0 Å². The predicted molar refractivity (Wildman–Crippen MR) is 116 cm³/mol. The Bertz CT molecular complexity index is 1210. The van der Waals surface area contributed by atoms with Gasteiger partial charge in [0.2, 0.25) is 5.75 Å². The number of pyridine rings is 1. The van der Waals surface area contributed by atoms with E-state index in [0.717, 1.165) is 0 Å². The van der Waals surface area contributed by atoms with Gasteiger partial charge in [0, 0.05) is 23.4 Å². The van der Waals surface area contributed by atoms with Crippen LogP contribution in [0, 0.1) is 5.82 Å². The molecule has 0 amide bonds. The highest BCUT2D eigenvalue weighted by Crippen LogP contribution is 2.43. The maximum Gasteiger partial charge on any atom is 0.203 e. The highest BCUT2D eigenvalue weighted by Gasteiger charge is 2.20. The van der Waals surface area contributed by atoms with E-state index in [4.69, 9.17) is 23.4 Å². The molecule has 7 heteroatoms. The maximum absolute atomic E-state index is 14.8. The molecule has 4 rings (SSSR count). The zero-order valence-electron chi connectivity index (χ0n) is 17.7. The minimum atomic E-state index is -0.399. The van der Waals surface area contributed by atoms with Gasteiger partial charge >= 0.3 is 0 Å². The molecule has 0 atom stereocenters. The summed E-state index contributed by atoms with van der Waals surface area (Å²) in [7, 11) is 4.64. The Kier molecular flexibility index (Phi) is 5.66. The smallest absolute Gasteiger partial charge is 0.203 e. The lowest BCUT2D eigenvalue weighted by atomic mass is 10.0. The number of rotatable bonds is 7. The summed E-state index contributed by atoms with van der Waals surface area (Å²) in [5.74, 6) is 2.06. The Labute approximate surface area is 179 Å². The highest BCUT2D eigenvalue weighted by molar-refractivity contribution is 5.94. The molecule has 2 heterocycles. The minimum absolute atomic E-state index is 0.336. The molecule has 4 aromatic rings. The fourth-order valence-corrected chi connectivity index (χ4v) is 3.54. The standard InChI is InChI=1S/C24H22FNO5/c1-5-30-18-8-6-7-16(25)22(18)15-9-10-26-17-13-19(31-23(15)17)14-11-20(27-2)24(29-4)21(12-14)28-3/h6-13H,5H2,1-4H3. The summed E-state index contributed by atoms with van der Waals surface area (Å²) in [5, 5.41) is 0. The Hall–Kier alpha value is -3.74. The lowest BCUT2D eigenvalue weighted by Crippen LogP contribution is -1.96. The van der Waals surface area contributed by atoms with Crippen molar-refractivity contribution in [2.75, 3.05) is 27.9 Å². The van der Waals surface area contributed by atoms with Crippen LogP contribution >= 0.6 is 0 Å². The number of nitrogens with zero attached hydrogens (tertiary/aromatic N) is 1. The number of furan rings is 1. The molecule has 2 aromatic carbocycles. The van der Waals surface area contributed by atoms with E-state index in [0.29, 0.717) is 63.2 Å². The van der Waals surface area contributed by atoms with Crippen LogP contribution in [0.25, 0.3) is 33.6 Å². The van der Waals surface area contributed by atoms with Crippen molar-refractivity contribution in [3.05, 3.63) is 54.5 Å². The first-order chi connectivity index (χ1) is 15.1. The molecule has 0 aliphatic rings. The van der Waals surface area contributed by atoms with E-state index in [9.17, 15) is 4.39 Å². The van der Waals surface area contributed by atoms with Crippen molar-refractivity contribution >= 4 is 11.1 Å². The monoisotopic (exact) mass is 423 g/mol. The average Bonchev–Trinajstić information content (AvgIpc) is 3.23. The number of methoxy groups -OCH3 is 3. The zero-order valence-corrected chi connectivity index (χ0v) is 17.7. The summed E-state index contributed by atoms with van der Waals surface area (Å²) in [6, 6.07) is 11.8. The van der Waals surface area contributed by atoms with E-state index in [1.807, 2.05) is 6.92 Å². The Morgan fingerprint density at radius 3 is 2.32 bits per heavy atom. The molecule has 0 aliphatic carbocycles. The van der Waals surface area contributed by atoms with Crippen molar-refractivity contribution in [2.24, 2.45) is 0 Å². The third-order valence-electron chi connectivity index (χ3n) is 4.91. The fraction of sp³-hybridized carbons (Fsp3) is 0.208. The molecule has 0 saturated carbocycles. The van der Waals surface area contributed by atoms with E-state index in [2.05, 4.69) is 4.98 Å². The molecule has 0 aliphatic heterocycles. The summed E-state index contributed by atoms with van der Waals surface area (Å²) in [4.78, 5) is 4.39. The van der Waals surface area contributed by atoms with Crippen molar-refractivity contribution in [1.82, 2.24) is 4.98 Å². The van der Waals surface area contributed by atoms with E-state index >= 15 is 0 Å². The molecular formula is C24H22FNO5. The number of benzene rings is 2. The van der Waals surface area contributed by atoms with E-state index < -0.39 is 5.82 Å². The number of hydrogen-bond acceptors (Lipinski definition) is 6. The topological polar surface area (TPSA) is 63.0 Å². The third-order valence-corrected chi connectivity index (χ3v) is 4.91. The van der Waals surface area contributed by atoms with Crippen molar-refractivity contribution in [3.8, 4) is 45.4 Å². The molecule has 0 radical (unpaired) electrons. The molecule has 0 saturated heterocycles. The summed E-state index contributed by atoms with van der Waals surface area (Å²) in [6.07, 6.45) is 1.62.